The Hall–Kier alpha value is -3.99. The summed E-state index contributed by atoms with van der Waals surface area (Å²) in [5, 5.41) is 3.78. The number of amides is 2. The van der Waals surface area contributed by atoms with Crippen molar-refractivity contribution in [2.24, 2.45) is 0 Å². The van der Waals surface area contributed by atoms with Gasteiger partial charge in [-0.25, -0.2) is 8.42 Å². The van der Waals surface area contributed by atoms with E-state index in [2.05, 4.69) is 5.32 Å². The van der Waals surface area contributed by atoms with Crippen LogP contribution in [0.2, 0.25) is 5.02 Å². The summed E-state index contributed by atoms with van der Waals surface area (Å²) in [4.78, 5) is 31.5. The van der Waals surface area contributed by atoms with E-state index in [4.69, 9.17) is 16.3 Å². The van der Waals surface area contributed by atoms with Crippen LogP contribution in [0.5, 0.6) is 5.75 Å². The topological polar surface area (TPSA) is 96.0 Å². The van der Waals surface area contributed by atoms with Crippen molar-refractivity contribution in [3.8, 4) is 5.75 Å². The summed E-state index contributed by atoms with van der Waals surface area (Å²) in [7, 11) is -4.22. The molecule has 0 aromatic heterocycles. The van der Waals surface area contributed by atoms with Gasteiger partial charge in [0.2, 0.25) is 11.8 Å². The normalized spacial score (nSPS) is 14.1. The number of ether oxygens (including phenoxy) is 1. The van der Waals surface area contributed by atoms with E-state index in [0.29, 0.717) is 23.1 Å². The molecule has 1 saturated carbocycles. The average Bonchev–Trinajstić information content (AvgIpc) is 3.14. The Morgan fingerprint density at radius 3 is 2.16 bits per heavy atom. The van der Waals surface area contributed by atoms with Crippen molar-refractivity contribution in [3.63, 3.8) is 0 Å². The Morgan fingerprint density at radius 1 is 0.880 bits per heavy atom. The number of nitrogens with zero attached hydrogens (tertiary/aromatic N) is 2. The summed E-state index contributed by atoms with van der Waals surface area (Å²) in [5.41, 5.74) is 1.94. The lowest BCUT2D eigenvalue weighted by Gasteiger charge is -2.35. The number of halogens is 1. The van der Waals surface area contributed by atoms with Crippen LogP contribution < -0.4 is 14.4 Å². The van der Waals surface area contributed by atoms with Crippen LogP contribution in [0.25, 0.3) is 0 Å². The highest BCUT2D eigenvalue weighted by Gasteiger charge is 2.35. The molecular formula is C39H44ClN3O5S2. The third-order valence-electron chi connectivity index (χ3n) is 8.85. The molecule has 0 radical (unpaired) electrons. The van der Waals surface area contributed by atoms with Crippen molar-refractivity contribution in [1.82, 2.24) is 10.2 Å². The van der Waals surface area contributed by atoms with Gasteiger partial charge in [0.1, 0.15) is 18.3 Å². The third kappa shape index (κ3) is 9.83. The molecule has 1 atom stereocenters. The van der Waals surface area contributed by atoms with Crippen LogP contribution in [0.15, 0.2) is 113 Å². The first-order valence-electron chi connectivity index (χ1n) is 17.0. The Kier molecular flexibility index (Phi) is 13.3. The summed E-state index contributed by atoms with van der Waals surface area (Å²) in [5.74, 6) is -0.194. The highest BCUT2D eigenvalue weighted by molar-refractivity contribution is 7.98. The standard InChI is InChI=1S/C39H44ClN3O5S2/c1-3-48-34-20-18-33(19-21-34)43(50(46,47)36-24-22-35(49-2)23-25-36)28-38(44)42(27-30-14-16-31(40)17-15-30)37(26-29-10-6-4-7-11-29)39(45)41-32-12-8-5-9-13-32/h4,6-7,10-11,14-25,32,37H,3,5,8-9,12-13,26-28H2,1-2H3,(H,41,45). The lowest BCUT2D eigenvalue weighted by Crippen LogP contribution is -2.55. The fraction of sp³-hybridized carbons (Fsp3) is 0.333. The summed E-state index contributed by atoms with van der Waals surface area (Å²) in [6.45, 7) is 1.86. The van der Waals surface area contributed by atoms with Gasteiger partial charge in [-0.3, -0.25) is 13.9 Å². The maximum atomic E-state index is 14.8. The molecule has 4 aromatic carbocycles. The predicted molar refractivity (Wildman–Crippen MR) is 201 cm³/mol. The van der Waals surface area contributed by atoms with E-state index in [-0.39, 0.29) is 29.8 Å². The van der Waals surface area contributed by atoms with Crippen molar-refractivity contribution in [2.45, 2.75) is 73.9 Å². The molecule has 11 heteroatoms. The predicted octanol–water partition coefficient (Wildman–Crippen LogP) is 7.74. The van der Waals surface area contributed by atoms with Gasteiger partial charge in [0.05, 0.1) is 17.2 Å². The zero-order valence-electron chi connectivity index (χ0n) is 28.5. The average molecular weight is 734 g/mol. The minimum Gasteiger partial charge on any atom is -0.494 e. The molecule has 50 heavy (non-hydrogen) atoms. The van der Waals surface area contributed by atoms with Crippen molar-refractivity contribution >= 4 is 50.9 Å². The van der Waals surface area contributed by atoms with E-state index < -0.39 is 28.5 Å². The zero-order valence-corrected chi connectivity index (χ0v) is 30.9. The Balaban J connectivity index is 1.56. The summed E-state index contributed by atoms with van der Waals surface area (Å²) < 4.78 is 35.5. The zero-order chi connectivity index (χ0) is 35.5. The van der Waals surface area contributed by atoms with Gasteiger partial charge in [-0.15, -0.1) is 11.8 Å². The van der Waals surface area contributed by atoms with Crippen LogP contribution in [0, 0.1) is 0 Å². The first-order chi connectivity index (χ1) is 24.2. The van der Waals surface area contributed by atoms with Gasteiger partial charge in [0.25, 0.3) is 10.0 Å². The number of benzene rings is 4. The van der Waals surface area contributed by atoms with Crippen LogP contribution >= 0.6 is 23.4 Å². The molecule has 1 fully saturated rings. The third-order valence-corrected chi connectivity index (χ3v) is 11.6. The highest BCUT2D eigenvalue weighted by Crippen LogP contribution is 2.28. The molecule has 1 N–H and O–H groups in total. The van der Waals surface area contributed by atoms with Crippen LogP contribution in [-0.4, -0.2) is 56.6 Å². The van der Waals surface area contributed by atoms with E-state index in [1.807, 2.05) is 55.6 Å². The van der Waals surface area contributed by atoms with E-state index in [1.54, 1.807) is 60.7 Å². The summed E-state index contributed by atoms with van der Waals surface area (Å²) in [6, 6.07) is 29.0. The van der Waals surface area contributed by atoms with E-state index in [9.17, 15) is 18.0 Å². The van der Waals surface area contributed by atoms with E-state index in [1.165, 1.54) is 16.7 Å². The molecule has 0 saturated heterocycles. The Bertz CT molecular complexity index is 1800. The van der Waals surface area contributed by atoms with E-state index >= 15 is 0 Å². The summed E-state index contributed by atoms with van der Waals surface area (Å²) in [6.07, 6.45) is 7.15. The maximum absolute atomic E-state index is 14.8. The number of hydrogen-bond acceptors (Lipinski definition) is 6. The first-order valence-corrected chi connectivity index (χ1v) is 20.0. The molecule has 8 nitrogen and oxygen atoms in total. The molecule has 0 spiro atoms. The maximum Gasteiger partial charge on any atom is 0.264 e. The molecule has 1 unspecified atom stereocenters. The van der Waals surface area contributed by atoms with Crippen molar-refractivity contribution in [3.05, 3.63) is 119 Å². The van der Waals surface area contributed by atoms with Crippen molar-refractivity contribution in [1.29, 1.82) is 0 Å². The SMILES string of the molecule is CCOc1ccc(N(CC(=O)N(Cc2ccc(Cl)cc2)C(Cc2ccccc2)C(=O)NC2CCCCC2)S(=O)(=O)c2ccc(SC)cc2)cc1. The minimum absolute atomic E-state index is 0.0204. The fourth-order valence-corrected chi connectivity index (χ4v) is 8.11. The molecule has 0 bridgehead atoms. The van der Waals surface area contributed by atoms with Crippen LogP contribution in [0.1, 0.15) is 50.2 Å². The number of nitrogens with one attached hydrogen (secondary N) is 1. The Morgan fingerprint density at radius 2 is 1.54 bits per heavy atom. The smallest absolute Gasteiger partial charge is 0.264 e. The second-order valence-corrected chi connectivity index (χ2v) is 15.5. The molecule has 2 amide bonds. The number of rotatable bonds is 15. The van der Waals surface area contributed by atoms with Crippen LogP contribution in [0.4, 0.5) is 5.69 Å². The van der Waals surface area contributed by atoms with Gasteiger partial charge < -0.3 is 15.0 Å². The molecule has 264 valence electrons. The van der Waals surface area contributed by atoms with Gasteiger partial charge in [-0.1, -0.05) is 73.3 Å². The quantitative estimate of drug-likeness (QED) is 0.126. The second-order valence-electron chi connectivity index (χ2n) is 12.3. The molecule has 4 aromatic rings. The molecule has 1 aliphatic rings. The summed E-state index contributed by atoms with van der Waals surface area (Å²) >= 11 is 7.71. The molecule has 5 rings (SSSR count). The van der Waals surface area contributed by atoms with Crippen LogP contribution in [-0.2, 0) is 32.6 Å². The molecule has 0 aliphatic heterocycles. The second kappa shape index (κ2) is 17.8. The lowest BCUT2D eigenvalue weighted by atomic mass is 9.94. The van der Waals surface area contributed by atoms with Gasteiger partial charge in [0.15, 0.2) is 0 Å². The largest absolute Gasteiger partial charge is 0.494 e. The molecule has 0 heterocycles. The van der Waals surface area contributed by atoms with Gasteiger partial charge >= 0.3 is 0 Å². The van der Waals surface area contributed by atoms with Gasteiger partial charge in [-0.05, 0) is 97.8 Å². The molecular weight excluding hydrogens is 690 g/mol. The number of anilines is 1. The highest BCUT2D eigenvalue weighted by atomic mass is 35.5. The molecule has 1 aliphatic carbocycles. The van der Waals surface area contributed by atoms with Crippen molar-refractivity contribution in [2.75, 3.05) is 23.7 Å². The number of carbonyl (C=O) groups excluding carboxylic acids is 2. The number of thioether (sulfide) groups is 1. The number of hydrogen-bond donors (Lipinski definition) is 1. The fourth-order valence-electron chi connectivity index (χ4n) is 6.16. The van der Waals surface area contributed by atoms with Crippen molar-refractivity contribution < 1.29 is 22.7 Å². The lowest BCUT2D eigenvalue weighted by molar-refractivity contribution is -0.140. The first kappa shape index (κ1) is 37.3. The van der Waals surface area contributed by atoms with Gasteiger partial charge in [0, 0.05) is 28.9 Å². The number of carbonyl (C=O) groups is 2. The minimum atomic E-state index is -4.22. The van der Waals surface area contributed by atoms with Crippen LogP contribution in [0.3, 0.4) is 0 Å². The van der Waals surface area contributed by atoms with Gasteiger partial charge in [-0.2, -0.15) is 0 Å². The number of sulfonamides is 1. The Labute approximate surface area is 305 Å². The monoisotopic (exact) mass is 733 g/mol. The van der Waals surface area contributed by atoms with E-state index in [0.717, 1.165) is 52.4 Å².